The summed E-state index contributed by atoms with van der Waals surface area (Å²) in [5.74, 6) is -0.806. The van der Waals surface area contributed by atoms with Gasteiger partial charge in [0.05, 0.1) is 6.61 Å². The second-order valence-electron chi connectivity index (χ2n) is 8.18. The molecule has 0 aromatic carbocycles. The molecule has 0 fully saturated rings. The molecule has 0 heterocycles. The van der Waals surface area contributed by atoms with Gasteiger partial charge in [-0.25, -0.2) is 9.59 Å². The van der Waals surface area contributed by atoms with E-state index in [1.165, 1.54) is 50.7 Å². The lowest BCUT2D eigenvalue weighted by Crippen LogP contribution is -2.40. The molecular formula is C24H46O4Si. The lowest BCUT2D eigenvalue weighted by Gasteiger charge is -2.31. The molecule has 0 aliphatic carbocycles. The van der Waals surface area contributed by atoms with Crippen molar-refractivity contribution < 1.29 is 18.8 Å². The molecule has 0 unspecified atom stereocenters. The molecule has 0 aliphatic rings. The van der Waals surface area contributed by atoms with Crippen molar-refractivity contribution in [3.8, 4) is 0 Å². The third-order valence-electron chi connectivity index (χ3n) is 5.37. The third-order valence-corrected chi connectivity index (χ3v) is 9.80. The minimum atomic E-state index is -2.13. The first-order valence-electron chi connectivity index (χ1n) is 12.1. The molecule has 29 heavy (non-hydrogen) atoms. The summed E-state index contributed by atoms with van der Waals surface area (Å²) in [4.78, 5) is 24.4. The lowest BCUT2D eigenvalue weighted by atomic mass is 10.3. The van der Waals surface area contributed by atoms with E-state index in [4.69, 9.17) is 9.16 Å². The zero-order valence-corrected chi connectivity index (χ0v) is 20.6. The van der Waals surface area contributed by atoms with Crippen molar-refractivity contribution in [2.45, 2.75) is 123 Å². The van der Waals surface area contributed by atoms with Crippen LogP contribution in [0.4, 0.5) is 0 Å². The standard InChI is InChI=1S/C24H46O4Si/c1-5-9-13-19-27-23(25)17-18-24(26)28-29(20-14-10-6-2,21-15-11-7-3)22-16-12-8-4/h17-18H,5-16,19-22H2,1-4H3/b18-17-. The van der Waals surface area contributed by atoms with Gasteiger partial charge in [0.2, 0.25) is 0 Å². The second kappa shape index (κ2) is 18.9. The summed E-state index contributed by atoms with van der Waals surface area (Å²) in [6, 6.07) is 3.15. The highest BCUT2D eigenvalue weighted by Gasteiger charge is 2.36. The number of ether oxygens (including phenoxy) is 1. The summed E-state index contributed by atoms with van der Waals surface area (Å²) < 4.78 is 11.3. The van der Waals surface area contributed by atoms with E-state index < -0.39 is 14.3 Å². The van der Waals surface area contributed by atoms with Crippen LogP contribution in [0, 0.1) is 0 Å². The van der Waals surface area contributed by atoms with Crippen LogP contribution in [0.3, 0.4) is 0 Å². The Kier molecular flexibility index (Phi) is 18.2. The molecule has 0 N–H and O–H groups in total. The van der Waals surface area contributed by atoms with Crippen LogP contribution in [0.2, 0.25) is 18.1 Å². The molecule has 0 aromatic heterocycles. The average Bonchev–Trinajstić information content (AvgIpc) is 2.70. The Hall–Kier alpha value is -1.10. The number of esters is 1. The van der Waals surface area contributed by atoms with E-state index >= 15 is 0 Å². The van der Waals surface area contributed by atoms with E-state index in [9.17, 15) is 9.59 Å². The van der Waals surface area contributed by atoms with Crippen molar-refractivity contribution in [2.75, 3.05) is 6.61 Å². The zero-order valence-electron chi connectivity index (χ0n) is 19.6. The Morgan fingerprint density at radius 2 is 1.03 bits per heavy atom. The topological polar surface area (TPSA) is 52.6 Å². The van der Waals surface area contributed by atoms with Crippen LogP contribution in [-0.2, 0) is 18.8 Å². The number of unbranched alkanes of at least 4 members (excludes halogenated alkanes) is 8. The van der Waals surface area contributed by atoms with Gasteiger partial charge < -0.3 is 9.16 Å². The Morgan fingerprint density at radius 3 is 1.48 bits per heavy atom. The maximum atomic E-state index is 12.6. The minimum absolute atomic E-state index is 0.355. The Morgan fingerprint density at radius 1 is 0.621 bits per heavy atom. The van der Waals surface area contributed by atoms with Gasteiger partial charge in [0.25, 0.3) is 8.32 Å². The van der Waals surface area contributed by atoms with Crippen molar-refractivity contribution in [1.29, 1.82) is 0 Å². The highest BCUT2D eigenvalue weighted by atomic mass is 28.4. The molecule has 0 aromatic rings. The normalized spacial score (nSPS) is 11.7. The predicted molar refractivity (Wildman–Crippen MR) is 124 cm³/mol. The number of carbonyl (C=O) groups excluding carboxylic acids is 2. The van der Waals surface area contributed by atoms with E-state index in [2.05, 4.69) is 27.7 Å². The molecular weight excluding hydrogens is 380 g/mol. The summed E-state index contributed by atoms with van der Waals surface area (Å²) in [5, 5.41) is 0. The van der Waals surface area contributed by atoms with Gasteiger partial charge in [-0.2, -0.15) is 0 Å². The smallest absolute Gasteiger partial charge is 0.331 e. The SMILES string of the molecule is CCCCCOC(=O)/C=C\C(=O)O[Si](CCCCC)(CCCCC)CCCCC. The van der Waals surface area contributed by atoms with Gasteiger partial charge in [-0.1, -0.05) is 98.3 Å². The van der Waals surface area contributed by atoms with Crippen LogP contribution in [0.1, 0.15) is 105 Å². The van der Waals surface area contributed by atoms with Crippen LogP contribution in [-0.4, -0.2) is 26.9 Å². The quantitative estimate of drug-likeness (QED) is 0.0938. The number of rotatable bonds is 19. The molecule has 0 radical (unpaired) electrons. The molecule has 0 atom stereocenters. The fourth-order valence-electron chi connectivity index (χ4n) is 3.58. The predicted octanol–water partition coefficient (Wildman–Crippen LogP) is 7.34. The molecule has 0 aliphatic heterocycles. The minimum Gasteiger partial charge on any atom is -0.516 e. The Bertz CT molecular complexity index is 422. The summed E-state index contributed by atoms with van der Waals surface area (Å²) >= 11 is 0. The van der Waals surface area contributed by atoms with Crippen LogP contribution in [0.25, 0.3) is 0 Å². The third kappa shape index (κ3) is 15.4. The fourth-order valence-corrected chi connectivity index (χ4v) is 7.81. The van der Waals surface area contributed by atoms with Crippen molar-refractivity contribution in [1.82, 2.24) is 0 Å². The van der Waals surface area contributed by atoms with E-state index in [1.807, 2.05) is 0 Å². The average molecular weight is 427 g/mol. The second-order valence-corrected chi connectivity index (χ2v) is 12.3. The van der Waals surface area contributed by atoms with Gasteiger partial charge in [0.1, 0.15) is 0 Å². The zero-order chi connectivity index (χ0) is 21.8. The molecule has 0 saturated heterocycles. The van der Waals surface area contributed by atoms with E-state index in [-0.39, 0.29) is 5.97 Å². The van der Waals surface area contributed by atoms with Gasteiger partial charge in [-0.15, -0.1) is 0 Å². The first-order valence-corrected chi connectivity index (χ1v) is 14.6. The number of carbonyl (C=O) groups is 2. The van der Waals surface area contributed by atoms with Crippen molar-refractivity contribution in [3.05, 3.63) is 12.2 Å². The molecule has 0 bridgehead atoms. The monoisotopic (exact) mass is 426 g/mol. The summed E-state index contributed by atoms with van der Waals surface area (Å²) in [7, 11) is -2.13. The van der Waals surface area contributed by atoms with Crippen LogP contribution in [0.5, 0.6) is 0 Å². The van der Waals surface area contributed by atoms with Crippen molar-refractivity contribution in [3.63, 3.8) is 0 Å². The molecule has 170 valence electrons. The number of hydrogen-bond donors (Lipinski definition) is 0. The number of hydrogen-bond acceptors (Lipinski definition) is 4. The summed E-state index contributed by atoms with van der Waals surface area (Å²) in [6.07, 6.45) is 16.0. The van der Waals surface area contributed by atoms with Gasteiger partial charge in [-0.3, -0.25) is 0 Å². The summed E-state index contributed by atoms with van der Waals surface area (Å²) in [6.45, 7) is 9.14. The molecule has 4 nitrogen and oxygen atoms in total. The lowest BCUT2D eigenvalue weighted by molar-refractivity contribution is -0.138. The highest BCUT2D eigenvalue weighted by Crippen LogP contribution is 2.30. The molecule has 0 rings (SSSR count). The van der Waals surface area contributed by atoms with Gasteiger partial charge >= 0.3 is 11.9 Å². The van der Waals surface area contributed by atoms with Crippen LogP contribution in [0.15, 0.2) is 12.2 Å². The van der Waals surface area contributed by atoms with E-state index in [1.54, 1.807) is 0 Å². The molecule has 0 spiro atoms. The maximum absolute atomic E-state index is 12.6. The first kappa shape index (κ1) is 27.9. The maximum Gasteiger partial charge on any atom is 0.331 e. The van der Waals surface area contributed by atoms with Gasteiger partial charge in [-0.05, 0) is 24.6 Å². The van der Waals surface area contributed by atoms with E-state index in [0.29, 0.717) is 6.61 Å². The fraction of sp³-hybridized carbons (Fsp3) is 0.833. The van der Waals surface area contributed by atoms with Gasteiger partial charge in [0, 0.05) is 12.2 Å². The highest BCUT2D eigenvalue weighted by molar-refractivity contribution is 6.75. The van der Waals surface area contributed by atoms with Gasteiger partial charge in [0.15, 0.2) is 0 Å². The van der Waals surface area contributed by atoms with Crippen molar-refractivity contribution >= 4 is 20.3 Å². The first-order chi connectivity index (χ1) is 14.0. The Balaban J connectivity index is 4.93. The van der Waals surface area contributed by atoms with Crippen LogP contribution < -0.4 is 0 Å². The van der Waals surface area contributed by atoms with Crippen molar-refractivity contribution in [2.24, 2.45) is 0 Å². The Labute approximate surface area is 180 Å². The largest absolute Gasteiger partial charge is 0.516 e. The van der Waals surface area contributed by atoms with Crippen LogP contribution >= 0.6 is 0 Å². The van der Waals surface area contributed by atoms with E-state index in [0.717, 1.165) is 56.7 Å². The molecule has 0 amide bonds. The molecule has 0 saturated carbocycles. The molecule has 5 heteroatoms. The summed E-state index contributed by atoms with van der Waals surface area (Å²) in [5.41, 5.74) is 0.